The second kappa shape index (κ2) is 11.3. The van der Waals surface area contributed by atoms with Gasteiger partial charge in [0.2, 0.25) is 0 Å². The van der Waals surface area contributed by atoms with Crippen molar-refractivity contribution < 1.29 is 8.78 Å². The van der Waals surface area contributed by atoms with Crippen molar-refractivity contribution in [1.29, 1.82) is 0 Å². The molecule has 0 saturated carbocycles. The molecule has 0 amide bonds. The van der Waals surface area contributed by atoms with Crippen molar-refractivity contribution in [3.05, 3.63) is 83.9 Å². The fourth-order valence-corrected chi connectivity index (χ4v) is 3.80. The molecule has 32 heavy (non-hydrogen) atoms. The van der Waals surface area contributed by atoms with Gasteiger partial charge in [0.25, 0.3) is 0 Å². The lowest BCUT2D eigenvalue weighted by atomic mass is 10.1. The van der Waals surface area contributed by atoms with E-state index < -0.39 is 11.6 Å². The third-order valence-corrected chi connectivity index (χ3v) is 5.41. The molecule has 1 atom stereocenters. The molecule has 0 spiro atoms. The minimum absolute atomic E-state index is 0. The van der Waals surface area contributed by atoms with E-state index in [-0.39, 0.29) is 35.7 Å². The van der Waals surface area contributed by atoms with Crippen LogP contribution in [0.15, 0.2) is 66.2 Å². The van der Waals surface area contributed by atoms with E-state index in [4.69, 9.17) is 0 Å². The Hall–Kier alpha value is -2.69. The quantitative estimate of drug-likeness (QED) is 0.278. The molecule has 2 aromatic carbocycles. The van der Waals surface area contributed by atoms with Gasteiger partial charge in [0.05, 0.1) is 6.33 Å². The zero-order chi connectivity index (χ0) is 21.6. The smallest absolute Gasteiger partial charge is 0.191 e. The molecular weight excluding hydrogens is 525 g/mol. The molecule has 1 aliphatic heterocycles. The fourth-order valence-electron chi connectivity index (χ4n) is 3.80. The molecular formula is C23H27F2IN6. The van der Waals surface area contributed by atoms with Gasteiger partial charge in [-0.1, -0.05) is 30.3 Å². The SMILES string of the molecule is CN=C(NCc1ccc(Cn2ccnc2)cc1)NC1CCN(c2c(F)cccc2F)C1.I. The minimum Gasteiger partial charge on any atom is -0.365 e. The van der Waals surface area contributed by atoms with E-state index in [1.807, 2.05) is 10.8 Å². The highest BCUT2D eigenvalue weighted by Crippen LogP contribution is 2.26. The van der Waals surface area contributed by atoms with Crippen molar-refractivity contribution in [3.63, 3.8) is 0 Å². The van der Waals surface area contributed by atoms with Crippen molar-refractivity contribution in [2.75, 3.05) is 25.0 Å². The maximum absolute atomic E-state index is 14.1. The van der Waals surface area contributed by atoms with Crippen LogP contribution in [0.1, 0.15) is 17.5 Å². The number of benzene rings is 2. The van der Waals surface area contributed by atoms with E-state index in [1.54, 1.807) is 24.5 Å². The van der Waals surface area contributed by atoms with Crippen LogP contribution in [0.4, 0.5) is 14.5 Å². The van der Waals surface area contributed by atoms with E-state index >= 15 is 0 Å². The molecule has 2 heterocycles. The number of hydrogen-bond donors (Lipinski definition) is 2. The highest BCUT2D eigenvalue weighted by Gasteiger charge is 2.27. The summed E-state index contributed by atoms with van der Waals surface area (Å²) >= 11 is 0. The summed E-state index contributed by atoms with van der Waals surface area (Å²) in [6.07, 6.45) is 6.29. The number of halogens is 3. The standard InChI is InChI=1S/C23H26F2N6.HI/c1-26-23(28-13-17-5-7-18(8-6-17)14-30-12-10-27-16-30)29-19-9-11-31(15-19)22-20(24)3-2-4-21(22)25;/h2-8,10,12,16,19H,9,11,13-15H2,1H3,(H2,26,28,29);1H. The first kappa shape index (κ1) is 24.0. The summed E-state index contributed by atoms with van der Waals surface area (Å²) in [5.74, 6) is -0.386. The first-order chi connectivity index (χ1) is 15.1. The van der Waals surface area contributed by atoms with Gasteiger partial charge < -0.3 is 20.1 Å². The molecule has 1 fully saturated rings. The van der Waals surface area contributed by atoms with Crippen LogP contribution in [0.3, 0.4) is 0 Å². The van der Waals surface area contributed by atoms with Gasteiger partial charge in [0, 0.05) is 51.7 Å². The number of nitrogens with one attached hydrogen (secondary N) is 2. The van der Waals surface area contributed by atoms with E-state index in [1.165, 1.54) is 23.8 Å². The molecule has 170 valence electrons. The van der Waals surface area contributed by atoms with Crippen molar-refractivity contribution >= 4 is 35.6 Å². The highest BCUT2D eigenvalue weighted by molar-refractivity contribution is 14.0. The largest absolute Gasteiger partial charge is 0.365 e. The van der Waals surface area contributed by atoms with E-state index in [2.05, 4.69) is 44.9 Å². The van der Waals surface area contributed by atoms with Crippen LogP contribution < -0.4 is 15.5 Å². The molecule has 1 saturated heterocycles. The molecule has 3 aromatic rings. The number of aliphatic imine (C=N–C) groups is 1. The molecule has 4 rings (SSSR count). The lowest BCUT2D eigenvalue weighted by Gasteiger charge is -2.21. The van der Waals surface area contributed by atoms with Crippen LogP contribution in [0, 0.1) is 11.6 Å². The van der Waals surface area contributed by atoms with Crippen molar-refractivity contribution in [2.24, 2.45) is 4.99 Å². The van der Waals surface area contributed by atoms with Crippen LogP contribution in [-0.4, -0.2) is 41.7 Å². The molecule has 0 bridgehead atoms. The van der Waals surface area contributed by atoms with Gasteiger partial charge in [0.1, 0.15) is 17.3 Å². The average Bonchev–Trinajstić information content (AvgIpc) is 3.44. The molecule has 9 heteroatoms. The number of rotatable bonds is 6. The zero-order valence-corrected chi connectivity index (χ0v) is 20.2. The molecule has 6 nitrogen and oxygen atoms in total. The second-order valence-corrected chi connectivity index (χ2v) is 7.62. The van der Waals surface area contributed by atoms with Crippen molar-refractivity contribution in [1.82, 2.24) is 20.2 Å². The maximum atomic E-state index is 14.1. The summed E-state index contributed by atoms with van der Waals surface area (Å²) in [7, 11) is 1.72. The van der Waals surface area contributed by atoms with Crippen LogP contribution in [0.2, 0.25) is 0 Å². The van der Waals surface area contributed by atoms with Gasteiger partial charge >= 0.3 is 0 Å². The molecule has 0 radical (unpaired) electrons. The monoisotopic (exact) mass is 552 g/mol. The Kier molecular flexibility index (Phi) is 8.43. The van der Waals surface area contributed by atoms with Gasteiger partial charge in [-0.2, -0.15) is 0 Å². The summed E-state index contributed by atoms with van der Waals surface area (Å²) in [5.41, 5.74) is 2.39. The summed E-state index contributed by atoms with van der Waals surface area (Å²) < 4.78 is 30.1. The summed E-state index contributed by atoms with van der Waals surface area (Å²) in [6.45, 7) is 2.52. The molecule has 1 aliphatic rings. The molecule has 1 aromatic heterocycles. The number of aromatic nitrogens is 2. The van der Waals surface area contributed by atoms with Gasteiger partial charge in [0.15, 0.2) is 5.96 Å². The minimum atomic E-state index is -0.528. The second-order valence-electron chi connectivity index (χ2n) is 7.62. The molecule has 0 aliphatic carbocycles. The van der Waals surface area contributed by atoms with E-state index in [9.17, 15) is 8.78 Å². The van der Waals surface area contributed by atoms with Gasteiger partial charge in [-0.15, -0.1) is 24.0 Å². The van der Waals surface area contributed by atoms with Crippen molar-refractivity contribution in [2.45, 2.75) is 25.6 Å². The van der Waals surface area contributed by atoms with Gasteiger partial charge in [-0.3, -0.25) is 4.99 Å². The predicted molar refractivity (Wildman–Crippen MR) is 133 cm³/mol. The Bertz CT molecular complexity index is 1000. The number of nitrogens with zero attached hydrogens (tertiary/aromatic N) is 4. The zero-order valence-electron chi connectivity index (χ0n) is 17.8. The Morgan fingerprint density at radius 1 is 1.12 bits per heavy atom. The number of hydrogen-bond acceptors (Lipinski definition) is 3. The fraction of sp³-hybridized carbons (Fsp3) is 0.304. The Morgan fingerprint density at radius 3 is 2.50 bits per heavy atom. The first-order valence-electron chi connectivity index (χ1n) is 10.3. The van der Waals surface area contributed by atoms with Crippen molar-refractivity contribution in [3.8, 4) is 0 Å². The third kappa shape index (κ3) is 5.96. The Morgan fingerprint density at radius 2 is 1.84 bits per heavy atom. The van der Waals surface area contributed by atoms with Crippen LogP contribution in [0.25, 0.3) is 0 Å². The number of para-hydroxylation sites is 1. The Balaban J connectivity index is 0.00000289. The normalized spacial score (nSPS) is 16.0. The molecule has 1 unspecified atom stereocenters. The third-order valence-electron chi connectivity index (χ3n) is 5.41. The first-order valence-corrected chi connectivity index (χ1v) is 10.3. The van der Waals surface area contributed by atoms with Gasteiger partial charge in [-0.25, -0.2) is 13.8 Å². The van der Waals surface area contributed by atoms with Crippen LogP contribution >= 0.6 is 24.0 Å². The summed E-state index contributed by atoms with van der Waals surface area (Å²) in [5, 5.41) is 6.67. The van der Waals surface area contributed by atoms with Gasteiger partial charge in [-0.05, 0) is 29.7 Å². The number of anilines is 1. The Labute approximate surface area is 203 Å². The lowest BCUT2D eigenvalue weighted by Crippen LogP contribution is -2.44. The predicted octanol–water partition coefficient (Wildman–Crippen LogP) is 3.77. The number of guanidine groups is 1. The van der Waals surface area contributed by atoms with E-state index in [0.717, 1.165) is 18.5 Å². The maximum Gasteiger partial charge on any atom is 0.191 e. The molecule has 2 N–H and O–H groups in total. The van der Waals surface area contributed by atoms with E-state index in [0.29, 0.717) is 25.6 Å². The summed E-state index contributed by atoms with van der Waals surface area (Å²) in [6, 6.07) is 12.4. The highest BCUT2D eigenvalue weighted by atomic mass is 127. The van der Waals surface area contributed by atoms with Crippen LogP contribution in [-0.2, 0) is 13.1 Å². The number of imidazole rings is 1. The average molecular weight is 552 g/mol. The topological polar surface area (TPSA) is 57.5 Å². The van der Waals surface area contributed by atoms with Crippen LogP contribution in [0.5, 0.6) is 0 Å². The lowest BCUT2D eigenvalue weighted by molar-refractivity contribution is 0.576. The summed E-state index contributed by atoms with van der Waals surface area (Å²) in [4.78, 5) is 10.1.